The number of nitrogens with one attached hydrogen (secondary N) is 2. The van der Waals surface area contributed by atoms with Gasteiger partial charge >= 0.3 is 6.18 Å². The number of piperidine rings is 1. The molecular weight excluding hydrogens is 445 g/mol. The maximum absolute atomic E-state index is 13.9. The number of anilines is 1. The molecule has 1 fully saturated rings. The Morgan fingerprint density at radius 2 is 2.00 bits per heavy atom. The van der Waals surface area contributed by atoms with Crippen LogP contribution >= 0.6 is 0 Å². The Morgan fingerprint density at radius 3 is 2.68 bits per heavy atom. The fourth-order valence-corrected chi connectivity index (χ4v) is 4.42. The van der Waals surface area contributed by atoms with E-state index >= 15 is 0 Å². The summed E-state index contributed by atoms with van der Waals surface area (Å²) in [6.45, 7) is 6.76. The van der Waals surface area contributed by atoms with Crippen molar-refractivity contribution in [3.8, 4) is 11.3 Å². The highest BCUT2D eigenvalue weighted by Crippen LogP contribution is 2.40. The Kier molecular flexibility index (Phi) is 5.43. The van der Waals surface area contributed by atoms with Gasteiger partial charge in [0.1, 0.15) is 11.8 Å². The van der Waals surface area contributed by atoms with Crippen molar-refractivity contribution in [2.45, 2.75) is 57.8 Å². The second kappa shape index (κ2) is 8.19. The lowest BCUT2D eigenvalue weighted by atomic mass is 9.91. The minimum atomic E-state index is -4.58. The van der Waals surface area contributed by atoms with Gasteiger partial charge in [0.25, 0.3) is 0 Å². The maximum atomic E-state index is 13.9. The largest absolute Gasteiger partial charge is 0.419 e. The van der Waals surface area contributed by atoms with Gasteiger partial charge in [-0.25, -0.2) is 9.97 Å². The van der Waals surface area contributed by atoms with Crippen LogP contribution in [0.15, 0.2) is 35.2 Å². The molecule has 2 N–H and O–H groups in total. The zero-order valence-electron chi connectivity index (χ0n) is 19.1. The molecule has 4 heterocycles. The third kappa shape index (κ3) is 4.29. The van der Waals surface area contributed by atoms with E-state index in [1.807, 2.05) is 6.92 Å². The van der Waals surface area contributed by atoms with Gasteiger partial charge in [-0.15, -0.1) is 0 Å². The van der Waals surface area contributed by atoms with Crippen molar-refractivity contribution in [2.24, 2.45) is 0 Å². The highest BCUT2D eigenvalue weighted by atomic mass is 19.4. The van der Waals surface area contributed by atoms with Gasteiger partial charge in [0.2, 0.25) is 5.95 Å². The standard InChI is InChI=1S/C24H25F3N6O/c1-13-17(12-34-33-13)20-6-4-15-16(5-7-19(15)31-20)21-18(24(25,26)27)11-28-22(32-21)30-14-8-9-23(2,3)29-10-14/h4-6,11-12,14,29H,7-10H2,1-3H3,(H,28,30,32)/t14-/m0/s1. The molecule has 0 aromatic carbocycles. The van der Waals surface area contributed by atoms with Crippen molar-refractivity contribution in [2.75, 3.05) is 11.9 Å². The monoisotopic (exact) mass is 470 g/mol. The molecule has 1 aliphatic heterocycles. The second-order valence-corrected chi connectivity index (χ2v) is 9.42. The lowest BCUT2D eigenvalue weighted by molar-refractivity contribution is -0.138. The summed E-state index contributed by atoms with van der Waals surface area (Å²) in [6.07, 6.45) is 1.77. The topological polar surface area (TPSA) is 88.8 Å². The van der Waals surface area contributed by atoms with Gasteiger partial charge in [-0.2, -0.15) is 13.2 Å². The van der Waals surface area contributed by atoms with Crippen molar-refractivity contribution < 1.29 is 17.7 Å². The minimum Gasteiger partial charge on any atom is -0.364 e. The predicted octanol–water partition coefficient (Wildman–Crippen LogP) is 4.78. The first kappa shape index (κ1) is 22.5. The van der Waals surface area contributed by atoms with E-state index in [4.69, 9.17) is 4.52 Å². The van der Waals surface area contributed by atoms with Crippen molar-refractivity contribution in [1.29, 1.82) is 0 Å². The second-order valence-electron chi connectivity index (χ2n) is 9.42. The summed E-state index contributed by atoms with van der Waals surface area (Å²) < 4.78 is 46.6. The highest BCUT2D eigenvalue weighted by Gasteiger charge is 2.37. The molecule has 5 rings (SSSR count). The molecule has 10 heteroatoms. The van der Waals surface area contributed by atoms with Gasteiger partial charge < -0.3 is 15.2 Å². The van der Waals surface area contributed by atoms with E-state index in [0.29, 0.717) is 41.2 Å². The molecule has 7 nitrogen and oxygen atoms in total. The van der Waals surface area contributed by atoms with E-state index in [2.05, 4.69) is 44.6 Å². The quantitative estimate of drug-likeness (QED) is 0.567. The number of aromatic nitrogens is 4. The molecule has 0 spiro atoms. The Morgan fingerprint density at radius 1 is 1.18 bits per heavy atom. The number of hydrogen-bond acceptors (Lipinski definition) is 7. The molecule has 0 amide bonds. The van der Waals surface area contributed by atoms with Crippen LogP contribution in [0.4, 0.5) is 19.1 Å². The van der Waals surface area contributed by atoms with Crippen LogP contribution in [0.1, 0.15) is 54.9 Å². The van der Waals surface area contributed by atoms with Gasteiger partial charge in [0, 0.05) is 41.9 Å². The van der Waals surface area contributed by atoms with Gasteiger partial charge in [-0.05, 0) is 39.7 Å². The summed E-state index contributed by atoms with van der Waals surface area (Å²) in [5, 5.41) is 10.5. The summed E-state index contributed by atoms with van der Waals surface area (Å²) in [4.78, 5) is 13.0. The van der Waals surface area contributed by atoms with Gasteiger partial charge in [0.15, 0.2) is 0 Å². The maximum Gasteiger partial charge on any atom is 0.419 e. The number of halogens is 3. The molecule has 0 bridgehead atoms. The molecule has 34 heavy (non-hydrogen) atoms. The summed E-state index contributed by atoms with van der Waals surface area (Å²) in [7, 11) is 0. The van der Waals surface area contributed by atoms with Crippen LogP contribution in [0.2, 0.25) is 0 Å². The number of nitrogens with zero attached hydrogens (tertiary/aromatic N) is 4. The Labute approximate surface area is 194 Å². The molecule has 178 valence electrons. The smallest absolute Gasteiger partial charge is 0.364 e. The van der Waals surface area contributed by atoms with Crippen molar-refractivity contribution in [3.05, 3.63) is 58.9 Å². The van der Waals surface area contributed by atoms with Crippen molar-refractivity contribution >= 4 is 11.5 Å². The van der Waals surface area contributed by atoms with E-state index in [0.717, 1.165) is 24.6 Å². The van der Waals surface area contributed by atoms with E-state index in [1.54, 1.807) is 18.2 Å². The zero-order chi connectivity index (χ0) is 24.1. The molecule has 1 aliphatic carbocycles. The zero-order valence-corrected chi connectivity index (χ0v) is 19.1. The van der Waals surface area contributed by atoms with E-state index < -0.39 is 11.7 Å². The Hall–Kier alpha value is -3.27. The number of hydrogen-bond donors (Lipinski definition) is 2. The number of pyridine rings is 1. The first-order chi connectivity index (χ1) is 16.1. The van der Waals surface area contributed by atoms with E-state index in [9.17, 15) is 13.2 Å². The molecule has 2 aliphatic rings. The highest BCUT2D eigenvalue weighted by molar-refractivity contribution is 5.84. The molecule has 3 aromatic rings. The molecule has 0 saturated carbocycles. The first-order valence-corrected chi connectivity index (χ1v) is 11.2. The van der Waals surface area contributed by atoms with Crippen LogP contribution < -0.4 is 10.6 Å². The summed E-state index contributed by atoms with van der Waals surface area (Å²) in [5.41, 5.74) is 2.90. The summed E-state index contributed by atoms with van der Waals surface area (Å²) in [5.74, 6) is 0.188. The third-order valence-corrected chi connectivity index (χ3v) is 6.42. The average Bonchev–Trinajstić information content (AvgIpc) is 3.40. The predicted molar refractivity (Wildman–Crippen MR) is 121 cm³/mol. The van der Waals surface area contributed by atoms with Crippen LogP contribution in [0.25, 0.3) is 16.8 Å². The Bertz CT molecular complexity index is 1250. The average molecular weight is 470 g/mol. The van der Waals surface area contributed by atoms with Gasteiger partial charge in [-0.3, -0.25) is 4.98 Å². The Balaban J connectivity index is 1.47. The SMILES string of the molecule is Cc1nocc1-c1ccc2c(n1)CC=C2c1nc(N[C@H]2CCC(C)(C)NC2)ncc1C(F)(F)F. The van der Waals surface area contributed by atoms with Gasteiger partial charge in [-0.1, -0.05) is 17.3 Å². The first-order valence-electron chi connectivity index (χ1n) is 11.2. The van der Waals surface area contributed by atoms with Crippen LogP contribution in [0, 0.1) is 6.92 Å². The van der Waals surface area contributed by atoms with Crippen molar-refractivity contribution in [3.63, 3.8) is 0 Å². The molecule has 1 saturated heterocycles. The number of rotatable bonds is 4. The lowest BCUT2D eigenvalue weighted by Gasteiger charge is -2.36. The molecule has 3 aromatic heterocycles. The molecule has 0 radical (unpaired) electrons. The minimum absolute atomic E-state index is 0.0403. The van der Waals surface area contributed by atoms with Crippen molar-refractivity contribution in [1.82, 2.24) is 25.4 Å². The number of allylic oxidation sites excluding steroid dienone is 1. The van der Waals surface area contributed by atoms with E-state index in [-0.39, 0.29) is 23.2 Å². The summed E-state index contributed by atoms with van der Waals surface area (Å²) in [6, 6.07) is 3.59. The van der Waals surface area contributed by atoms with Crippen LogP contribution in [0.5, 0.6) is 0 Å². The van der Waals surface area contributed by atoms with Crippen LogP contribution in [0.3, 0.4) is 0 Å². The van der Waals surface area contributed by atoms with Gasteiger partial charge in [0.05, 0.1) is 28.3 Å². The van der Waals surface area contributed by atoms with Crippen LogP contribution in [-0.4, -0.2) is 38.2 Å². The normalized spacial score (nSPS) is 19.6. The number of aryl methyl sites for hydroxylation is 1. The number of alkyl halides is 3. The van der Waals surface area contributed by atoms with Crippen LogP contribution in [-0.2, 0) is 12.6 Å². The molecule has 1 atom stereocenters. The number of fused-ring (bicyclic) bond motifs is 1. The molecule has 0 unspecified atom stereocenters. The fourth-order valence-electron chi connectivity index (χ4n) is 4.42. The summed E-state index contributed by atoms with van der Waals surface area (Å²) >= 11 is 0. The van der Waals surface area contributed by atoms with E-state index in [1.165, 1.54) is 6.26 Å². The third-order valence-electron chi connectivity index (χ3n) is 6.42. The molecular formula is C24H25F3N6O. The fraction of sp³-hybridized carbons (Fsp3) is 0.417. The lowest BCUT2D eigenvalue weighted by Crippen LogP contribution is -2.50.